The van der Waals surface area contributed by atoms with Crippen LogP contribution in [0.3, 0.4) is 0 Å². The molecule has 3 rings (SSSR count). The van der Waals surface area contributed by atoms with E-state index in [0.717, 1.165) is 25.1 Å². The maximum absolute atomic E-state index is 11.6. The lowest BCUT2D eigenvalue weighted by atomic mass is 9.76. The third-order valence-corrected chi connectivity index (χ3v) is 4.95. The summed E-state index contributed by atoms with van der Waals surface area (Å²) in [4.78, 5) is 11.6. The Balaban J connectivity index is 1.87. The number of carbonyl (C=O) groups is 1. The van der Waals surface area contributed by atoms with E-state index in [1.54, 1.807) is 4.68 Å². The highest BCUT2D eigenvalue weighted by Crippen LogP contribution is 2.41. The molecule has 0 aliphatic heterocycles. The molecule has 0 radical (unpaired) electrons. The molecule has 0 aromatic carbocycles. The van der Waals surface area contributed by atoms with Gasteiger partial charge in [-0.25, -0.2) is 9.48 Å². The molecule has 6 heteroatoms. The maximum Gasteiger partial charge on any atom is 0.331 e. The van der Waals surface area contributed by atoms with Gasteiger partial charge in [0.05, 0.1) is 0 Å². The summed E-state index contributed by atoms with van der Waals surface area (Å²) in [7, 11) is 0. The molecule has 0 saturated heterocycles. The van der Waals surface area contributed by atoms with E-state index >= 15 is 0 Å². The predicted molar refractivity (Wildman–Crippen MR) is 72.3 cm³/mol. The third kappa shape index (κ3) is 2.21. The van der Waals surface area contributed by atoms with E-state index < -0.39 is 11.5 Å². The van der Waals surface area contributed by atoms with Crippen molar-refractivity contribution >= 4 is 5.97 Å². The molecule has 0 atom stereocenters. The standard InChI is InChI=1S/C14H22N4O2/c19-13(20)14(9-6-10-14)18-12(15-16-17-18)11-7-4-2-1-3-5-8-11/h11H,1-10H2,(H,19,20). The van der Waals surface area contributed by atoms with E-state index in [9.17, 15) is 9.90 Å². The first-order valence-corrected chi connectivity index (χ1v) is 7.76. The molecule has 2 aliphatic rings. The van der Waals surface area contributed by atoms with Gasteiger partial charge >= 0.3 is 5.97 Å². The fourth-order valence-electron chi connectivity index (χ4n) is 3.50. The molecule has 1 N–H and O–H groups in total. The molecule has 2 saturated carbocycles. The quantitative estimate of drug-likeness (QED) is 0.918. The van der Waals surface area contributed by atoms with Crippen LogP contribution in [-0.4, -0.2) is 31.3 Å². The van der Waals surface area contributed by atoms with Crippen LogP contribution in [0.25, 0.3) is 0 Å². The van der Waals surface area contributed by atoms with Gasteiger partial charge in [-0.05, 0) is 42.5 Å². The number of carboxylic acid groups (broad SMARTS) is 1. The molecule has 1 aromatic rings. The largest absolute Gasteiger partial charge is 0.479 e. The fourth-order valence-corrected chi connectivity index (χ4v) is 3.50. The second-order valence-electron chi connectivity index (χ2n) is 6.18. The lowest BCUT2D eigenvalue weighted by molar-refractivity contribution is -0.153. The number of carboxylic acids is 1. The maximum atomic E-state index is 11.6. The first kappa shape index (κ1) is 13.5. The number of tetrazole rings is 1. The van der Waals surface area contributed by atoms with Crippen molar-refractivity contribution in [3.63, 3.8) is 0 Å². The molecule has 0 spiro atoms. The smallest absolute Gasteiger partial charge is 0.331 e. The second kappa shape index (κ2) is 5.50. The highest BCUT2D eigenvalue weighted by molar-refractivity contribution is 5.77. The summed E-state index contributed by atoms with van der Waals surface area (Å²) in [5.74, 6) is 0.333. The minimum Gasteiger partial charge on any atom is -0.479 e. The van der Waals surface area contributed by atoms with E-state index in [-0.39, 0.29) is 0 Å². The predicted octanol–water partition coefficient (Wildman–Crippen LogP) is 2.46. The second-order valence-corrected chi connectivity index (χ2v) is 6.18. The molecule has 0 unspecified atom stereocenters. The molecule has 1 heterocycles. The summed E-state index contributed by atoms with van der Waals surface area (Å²) >= 11 is 0. The van der Waals surface area contributed by atoms with Gasteiger partial charge in [-0.15, -0.1) is 5.10 Å². The topological polar surface area (TPSA) is 80.9 Å². The van der Waals surface area contributed by atoms with Gasteiger partial charge in [0.1, 0.15) is 0 Å². The van der Waals surface area contributed by atoms with Crippen LogP contribution in [0, 0.1) is 0 Å². The van der Waals surface area contributed by atoms with Crippen molar-refractivity contribution in [2.45, 2.75) is 75.7 Å². The van der Waals surface area contributed by atoms with E-state index in [0.29, 0.717) is 18.8 Å². The molecule has 0 amide bonds. The minimum atomic E-state index is -0.874. The van der Waals surface area contributed by atoms with Gasteiger partial charge in [-0.1, -0.05) is 32.1 Å². The highest BCUT2D eigenvalue weighted by Gasteiger charge is 2.49. The number of hydrogen-bond donors (Lipinski definition) is 1. The Labute approximate surface area is 118 Å². The van der Waals surface area contributed by atoms with Crippen LogP contribution in [0.4, 0.5) is 0 Å². The summed E-state index contributed by atoms with van der Waals surface area (Å²) in [5.41, 5.74) is -0.874. The van der Waals surface area contributed by atoms with Crippen molar-refractivity contribution in [1.29, 1.82) is 0 Å². The number of aliphatic carboxylic acids is 1. The summed E-state index contributed by atoms with van der Waals surface area (Å²) in [6.07, 6.45) is 10.6. The Morgan fingerprint density at radius 3 is 2.30 bits per heavy atom. The first-order chi connectivity index (χ1) is 9.74. The van der Waals surface area contributed by atoms with Crippen LogP contribution < -0.4 is 0 Å². The summed E-state index contributed by atoms with van der Waals surface area (Å²) in [6, 6.07) is 0. The van der Waals surface area contributed by atoms with E-state index in [1.165, 1.54) is 32.1 Å². The average Bonchev–Trinajstić information content (AvgIpc) is 2.76. The lowest BCUT2D eigenvalue weighted by Gasteiger charge is -2.38. The van der Waals surface area contributed by atoms with Crippen molar-refractivity contribution in [2.24, 2.45) is 0 Å². The number of aromatic nitrogens is 4. The molecule has 6 nitrogen and oxygen atoms in total. The molecule has 1 aromatic heterocycles. The number of rotatable bonds is 3. The molecule has 2 aliphatic carbocycles. The van der Waals surface area contributed by atoms with Crippen molar-refractivity contribution in [3.8, 4) is 0 Å². The zero-order chi connectivity index (χ0) is 14.0. The van der Waals surface area contributed by atoms with Crippen LogP contribution >= 0.6 is 0 Å². The van der Waals surface area contributed by atoms with Gasteiger partial charge in [0.15, 0.2) is 11.4 Å². The van der Waals surface area contributed by atoms with Crippen molar-refractivity contribution < 1.29 is 9.90 Å². The first-order valence-electron chi connectivity index (χ1n) is 7.76. The molecule has 20 heavy (non-hydrogen) atoms. The number of hydrogen-bond acceptors (Lipinski definition) is 4. The van der Waals surface area contributed by atoms with Gasteiger partial charge in [0, 0.05) is 5.92 Å². The van der Waals surface area contributed by atoms with E-state index in [1.807, 2.05) is 0 Å². The summed E-state index contributed by atoms with van der Waals surface area (Å²) < 4.78 is 1.63. The van der Waals surface area contributed by atoms with Crippen LogP contribution in [0.1, 0.15) is 76.0 Å². The summed E-state index contributed by atoms with van der Waals surface area (Å²) in [5, 5.41) is 21.6. The Bertz CT molecular complexity index is 473. The Morgan fingerprint density at radius 2 is 1.75 bits per heavy atom. The third-order valence-electron chi connectivity index (χ3n) is 4.95. The lowest BCUT2D eigenvalue weighted by Crippen LogP contribution is -2.49. The molecule has 0 bridgehead atoms. The fraction of sp³-hybridized carbons (Fsp3) is 0.857. The van der Waals surface area contributed by atoms with Gasteiger partial charge in [-0.3, -0.25) is 0 Å². The van der Waals surface area contributed by atoms with Gasteiger partial charge < -0.3 is 5.11 Å². The van der Waals surface area contributed by atoms with Crippen LogP contribution in [0.2, 0.25) is 0 Å². The van der Waals surface area contributed by atoms with E-state index in [4.69, 9.17) is 0 Å². The number of nitrogens with zero attached hydrogens (tertiary/aromatic N) is 4. The Kier molecular flexibility index (Phi) is 3.72. The molecule has 2 fully saturated rings. The Hall–Kier alpha value is -1.46. The van der Waals surface area contributed by atoms with Crippen molar-refractivity contribution in [1.82, 2.24) is 20.2 Å². The Morgan fingerprint density at radius 1 is 1.10 bits per heavy atom. The zero-order valence-corrected chi connectivity index (χ0v) is 11.8. The van der Waals surface area contributed by atoms with Gasteiger partial charge in [0.2, 0.25) is 0 Å². The average molecular weight is 278 g/mol. The zero-order valence-electron chi connectivity index (χ0n) is 11.8. The molecular weight excluding hydrogens is 256 g/mol. The van der Waals surface area contributed by atoms with Crippen molar-refractivity contribution in [2.75, 3.05) is 0 Å². The van der Waals surface area contributed by atoms with Crippen LogP contribution in [0.5, 0.6) is 0 Å². The van der Waals surface area contributed by atoms with Gasteiger partial charge in [0.25, 0.3) is 0 Å². The normalized spacial score (nSPS) is 23.6. The molecule has 110 valence electrons. The monoisotopic (exact) mass is 278 g/mol. The highest BCUT2D eigenvalue weighted by atomic mass is 16.4. The van der Waals surface area contributed by atoms with Crippen molar-refractivity contribution in [3.05, 3.63) is 5.82 Å². The van der Waals surface area contributed by atoms with Crippen LogP contribution in [-0.2, 0) is 10.3 Å². The molecular formula is C14H22N4O2. The summed E-state index contributed by atoms with van der Waals surface area (Å²) in [6.45, 7) is 0. The SMILES string of the molecule is O=C(O)C1(n2nnnc2C2CCCCCCC2)CCC1. The van der Waals surface area contributed by atoms with E-state index in [2.05, 4.69) is 15.5 Å². The van der Waals surface area contributed by atoms with Gasteiger partial charge in [-0.2, -0.15) is 0 Å². The van der Waals surface area contributed by atoms with Crippen LogP contribution in [0.15, 0.2) is 0 Å². The minimum absolute atomic E-state index is 0.321.